The minimum Gasteiger partial charge on any atom is -0.496 e. The van der Waals surface area contributed by atoms with Gasteiger partial charge in [0.25, 0.3) is 0 Å². The molecule has 0 spiro atoms. The van der Waals surface area contributed by atoms with E-state index in [-0.39, 0.29) is 0 Å². The van der Waals surface area contributed by atoms with E-state index in [9.17, 15) is 0 Å². The van der Waals surface area contributed by atoms with Gasteiger partial charge in [0.2, 0.25) is 0 Å². The fourth-order valence-corrected chi connectivity index (χ4v) is 3.28. The van der Waals surface area contributed by atoms with Crippen molar-refractivity contribution in [2.45, 2.75) is 20.8 Å². The fourth-order valence-electron chi connectivity index (χ4n) is 3.28. The van der Waals surface area contributed by atoms with Crippen LogP contribution >= 0.6 is 0 Å². The molecule has 4 aromatic rings. The maximum atomic E-state index is 5.56. The summed E-state index contributed by atoms with van der Waals surface area (Å²) in [7, 11) is 1.68. The fraction of sp³-hybridized carbons (Fsp3) is 0.182. The number of anilines is 2. The lowest BCUT2D eigenvalue weighted by Crippen LogP contribution is -2.02. The first-order chi connectivity index (χ1) is 13.1. The van der Waals surface area contributed by atoms with Crippen molar-refractivity contribution in [3.05, 3.63) is 71.5 Å². The second kappa shape index (κ2) is 6.76. The van der Waals surface area contributed by atoms with Gasteiger partial charge in [-0.3, -0.25) is 0 Å². The Balaban J connectivity index is 1.90. The van der Waals surface area contributed by atoms with Crippen LogP contribution in [0.2, 0.25) is 0 Å². The van der Waals surface area contributed by atoms with Crippen molar-refractivity contribution < 1.29 is 4.74 Å². The Kier molecular flexibility index (Phi) is 4.28. The monoisotopic (exact) mass is 358 g/mol. The van der Waals surface area contributed by atoms with Crippen molar-refractivity contribution in [2.24, 2.45) is 0 Å². The Morgan fingerprint density at radius 3 is 2.44 bits per heavy atom. The van der Waals surface area contributed by atoms with E-state index in [0.29, 0.717) is 0 Å². The van der Waals surface area contributed by atoms with E-state index in [1.807, 2.05) is 48.7 Å². The molecule has 2 aromatic carbocycles. The first-order valence-electron chi connectivity index (χ1n) is 8.91. The summed E-state index contributed by atoms with van der Waals surface area (Å²) < 4.78 is 7.42. The third kappa shape index (κ3) is 3.12. The minimum absolute atomic E-state index is 0.812. The van der Waals surface area contributed by atoms with E-state index in [1.165, 1.54) is 5.56 Å². The Morgan fingerprint density at radius 1 is 0.963 bits per heavy atom. The molecule has 0 fully saturated rings. The molecule has 0 amide bonds. The smallest absolute Gasteiger partial charge is 0.165 e. The number of aryl methyl sites for hydroxylation is 3. The van der Waals surface area contributed by atoms with Gasteiger partial charge >= 0.3 is 0 Å². The van der Waals surface area contributed by atoms with Crippen LogP contribution in [-0.4, -0.2) is 21.7 Å². The number of hydrogen-bond donors (Lipinski definition) is 1. The molecule has 1 N–H and O–H groups in total. The Labute approximate surface area is 158 Å². The second-order valence-corrected chi connectivity index (χ2v) is 6.67. The van der Waals surface area contributed by atoms with Crippen LogP contribution < -0.4 is 10.1 Å². The summed E-state index contributed by atoms with van der Waals surface area (Å²) in [6.07, 6.45) is 0. The van der Waals surface area contributed by atoms with Gasteiger partial charge in [-0.05, 0) is 39.0 Å². The van der Waals surface area contributed by atoms with Gasteiger partial charge in [0.05, 0.1) is 18.4 Å². The first kappa shape index (κ1) is 17.1. The SMILES string of the molecule is COc1ccccc1-c1c(C)nn2c(Nc3ccc(C)cc3)cc(C)nc12. The number of para-hydroxylation sites is 1. The summed E-state index contributed by atoms with van der Waals surface area (Å²) in [5.74, 6) is 1.69. The highest BCUT2D eigenvalue weighted by molar-refractivity contribution is 5.84. The molecule has 5 nitrogen and oxygen atoms in total. The molecular formula is C22H22N4O. The number of methoxy groups -OCH3 is 1. The third-order valence-electron chi connectivity index (χ3n) is 4.59. The Hall–Kier alpha value is -3.34. The second-order valence-electron chi connectivity index (χ2n) is 6.67. The normalized spacial score (nSPS) is 11.0. The van der Waals surface area contributed by atoms with Crippen molar-refractivity contribution in [3.63, 3.8) is 0 Å². The molecule has 2 aromatic heterocycles. The molecule has 0 aliphatic carbocycles. The van der Waals surface area contributed by atoms with Gasteiger partial charge in [0.1, 0.15) is 11.6 Å². The molecule has 0 saturated carbocycles. The lowest BCUT2D eigenvalue weighted by atomic mass is 10.1. The standard InChI is InChI=1S/C22H22N4O/c1-14-9-11-17(12-10-14)24-20-13-15(2)23-22-21(16(3)25-26(20)22)18-7-5-6-8-19(18)27-4/h5-13,24H,1-4H3. The van der Waals surface area contributed by atoms with Crippen LogP contribution in [0.4, 0.5) is 11.5 Å². The van der Waals surface area contributed by atoms with E-state index in [0.717, 1.165) is 45.4 Å². The predicted octanol–water partition coefficient (Wildman–Crippen LogP) is 5.07. The van der Waals surface area contributed by atoms with Crippen molar-refractivity contribution >= 4 is 17.2 Å². The van der Waals surface area contributed by atoms with Crippen molar-refractivity contribution in [2.75, 3.05) is 12.4 Å². The van der Waals surface area contributed by atoms with Crippen LogP contribution in [-0.2, 0) is 0 Å². The Morgan fingerprint density at radius 2 is 1.70 bits per heavy atom. The zero-order valence-electron chi connectivity index (χ0n) is 15.9. The topological polar surface area (TPSA) is 51.5 Å². The van der Waals surface area contributed by atoms with Gasteiger partial charge in [-0.15, -0.1) is 0 Å². The number of nitrogens with one attached hydrogen (secondary N) is 1. The summed E-state index contributed by atoms with van der Waals surface area (Å²) in [6.45, 7) is 6.07. The molecule has 0 aliphatic heterocycles. The van der Waals surface area contributed by atoms with E-state index in [4.69, 9.17) is 14.8 Å². The van der Waals surface area contributed by atoms with Crippen molar-refractivity contribution in [1.82, 2.24) is 14.6 Å². The maximum absolute atomic E-state index is 5.56. The van der Waals surface area contributed by atoms with E-state index in [2.05, 4.69) is 36.5 Å². The highest BCUT2D eigenvalue weighted by Crippen LogP contribution is 2.35. The van der Waals surface area contributed by atoms with E-state index >= 15 is 0 Å². The van der Waals surface area contributed by atoms with Crippen LogP contribution in [0.1, 0.15) is 17.0 Å². The van der Waals surface area contributed by atoms with Gasteiger partial charge in [-0.2, -0.15) is 9.61 Å². The quantitative estimate of drug-likeness (QED) is 0.553. The summed E-state index contributed by atoms with van der Waals surface area (Å²) in [6, 6.07) is 18.3. The molecule has 0 bridgehead atoms. The maximum Gasteiger partial charge on any atom is 0.165 e. The number of aromatic nitrogens is 3. The number of nitrogens with zero attached hydrogens (tertiary/aromatic N) is 3. The molecular weight excluding hydrogens is 336 g/mol. The van der Waals surface area contributed by atoms with Crippen molar-refractivity contribution in [3.8, 4) is 16.9 Å². The molecule has 2 heterocycles. The lowest BCUT2D eigenvalue weighted by Gasteiger charge is -2.11. The Bertz CT molecular complexity index is 1110. The van der Waals surface area contributed by atoms with Crippen molar-refractivity contribution in [1.29, 1.82) is 0 Å². The summed E-state index contributed by atoms with van der Waals surface area (Å²) in [5, 5.41) is 8.22. The number of rotatable bonds is 4. The molecule has 27 heavy (non-hydrogen) atoms. The molecule has 0 unspecified atom stereocenters. The zero-order chi connectivity index (χ0) is 19.0. The molecule has 0 radical (unpaired) electrons. The van der Waals surface area contributed by atoms with E-state index < -0.39 is 0 Å². The molecule has 0 atom stereocenters. The molecule has 5 heteroatoms. The van der Waals surface area contributed by atoms with Gasteiger partial charge in [-0.25, -0.2) is 4.98 Å². The predicted molar refractivity (Wildman–Crippen MR) is 109 cm³/mol. The number of ether oxygens (including phenoxy) is 1. The summed E-state index contributed by atoms with van der Waals surface area (Å²) in [4.78, 5) is 4.77. The minimum atomic E-state index is 0.812. The van der Waals surface area contributed by atoms with Crippen LogP contribution in [0.25, 0.3) is 16.8 Å². The average Bonchev–Trinajstić information content (AvgIpc) is 2.99. The van der Waals surface area contributed by atoms with Crippen LogP contribution in [0.15, 0.2) is 54.6 Å². The van der Waals surface area contributed by atoms with Crippen LogP contribution in [0, 0.1) is 20.8 Å². The molecule has 4 rings (SSSR count). The molecule has 0 saturated heterocycles. The highest BCUT2D eigenvalue weighted by Gasteiger charge is 2.18. The largest absolute Gasteiger partial charge is 0.496 e. The third-order valence-corrected chi connectivity index (χ3v) is 4.59. The van der Waals surface area contributed by atoms with Crippen LogP contribution in [0.3, 0.4) is 0 Å². The van der Waals surface area contributed by atoms with Gasteiger partial charge in [0, 0.05) is 23.0 Å². The number of benzene rings is 2. The van der Waals surface area contributed by atoms with E-state index in [1.54, 1.807) is 7.11 Å². The average molecular weight is 358 g/mol. The molecule has 136 valence electrons. The highest BCUT2D eigenvalue weighted by atomic mass is 16.5. The number of hydrogen-bond acceptors (Lipinski definition) is 4. The summed E-state index contributed by atoms with van der Waals surface area (Å²) in [5.41, 5.74) is 6.86. The first-order valence-corrected chi connectivity index (χ1v) is 8.91. The summed E-state index contributed by atoms with van der Waals surface area (Å²) >= 11 is 0. The number of fused-ring (bicyclic) bond motifs is 1. The van der Waals surface area contributed by atoms with Crippen LogP contribution in [0.5, 0.6) is 5.75 Å². The van der Waals surface area contributed by atoms with Gasteiger partial charge < -0.3 is 10.1 Å². The van der Waals surface area contributed by atoms with Gasteiger partial charge in [-0.1, -0.05) is 35.9 Å². The van der Waals surface area contributed by atoms with Gasteiger partial charge in [0.15, 0.2) is 5.65 Å². The lowest BCUT2D eigenvalue weighted by molar-refractivity contribution is 0.416. The molecule has 0 aliphatic rings. The zero-order valence-corrected chi connectivity index (χ0v) is 15.9.